The number of aromatic nitrogens is 3. The Morgan fingerprint density at radius 3 is 2.38 bits per heavy atom. The first-order valence-corrected chi connectivity index (χ1v) is 8.15. The van der Waals surface area contributed by atoms with E-state index in [1.54, 1.807) is 22.8 Å². The summed E-state index contributed by atoms with van der Waals surface area (Å²) in [6.45, 7) is 6.71. The molecule has 0 aliphatic rings. The molecular weight excluding hydrogens is 280 g/mol. The molecule has 0 saturated carbocycles. The average molecular weight is 304 g/mol. The van der Waals surface area contributed by atoms with Crippen LogP contribution >= 0.6 is 11.8 Å². The lowest BCUT2D eigenvalue weighted by Crippen LogP contribution is -2.19. The number of rotatable bonds is 5. The van der Waals surface area contributed by atoms with Gasteiger partial charge in [-0.3, -0.25) is 0 Å². The van der Waals surface area contributed by atoms with Crippen LogP contribution < -0.4 is 5.32 Å². The van der Waals surface area contributed by atoms with Gasteiger partial charge < -0.3 is 5.32 Å². The summed E-state index contributed by atoms with van der Waals surface area (Å²) in [7, 11) is 3.92. The van der Waals surface area contributed by atoms with Gasteiger partial charge >= 0.3 is 0 Å². The summed E-state index contributed by atoms with van der Waals surface area (Å²) < 4.78 is 1.81. The van der Waals surface area contributed by atoms with Crippen molar-refractivity contribution in [1.82, 2.24) is 20.1 Å². The van der Waals surface area contributed by atoms with Crippen LogP contribution in [0.3, 0.4) is 0 Å². The Morgan fingerprint density at radius 1 is 1.24 bits per heavy atom. The largest absolute Gasteiger partial charge is 0.312 e. The van der Waals surface area contributed by atoms with Gasteiger partial charge in [0.15, 0.2) is 5.16 Å². The van der Waals surface area contributed by atoms with Crippen LogP contribution in [0.5, 0.6) is 0 Å². The fraction of sp³-hybridized carbons (Fsp3) is 0.500. The fourth-order valence-electron chi connectivity index (χ4n) is 2.14. The van der Waals surface area contributed by atoms with E-state index in [2.05, 4.69) is 60.4 Å². The highest BCUT2D eigenvalue weighted by Crippen LogP contribution is 2.26. The molecule has 1 N–H and O–H groups in total. The van der Waals surface area contributed by atoms with E-state index in [9.17, 15) is 0 Å². The summed E-state index contributed by atoms with van der Waals surface area (Å²) in [5.41, 5.74) is 2.86. The lowest BCUT2D eigenvalue weighted by Gasteiger charge is -2.21. The average Bonchev–Trinajstić information content (AvgIpc) is 2.85. The van der Waals surface area contributed by atoms with Gasteiger partial charge in [-0.05, 0) is 23.6 Å². The molecule has 4 nitrogen and oxygen atoms in total. The van der Waals surface area contributed by atoms with Crippen molar-refractivity contribution in [3.8, 4) is 0 Å². The van der Waals surface area contributed by atoms with Crippen molar-refractivity contribution in [3.63, 3.8) is 0 Å². The molecule has 0 aliphatic heterocycles. The molecule has 5 heteroatoms. The summed E-state index contributed by atoms with van der Waals surface area (Å²) in [6, 6.07) is 9.21. The van der Waals surface area contributed by atoms with E-state index in [-0.39, 0.29) is 5.41 Å². The van der Waals surface area contributed by atoms with Crippen LogP contribution in [0.1, 0.15) is 37.9 Å². The van der Waals surface area contributed by atoms with Crippen LogP contribution in [-0.2, 0) is 12.5 Å². The zero-order valence-corrected chi connectivity index (χ0v) is 14.2. The maximum Gasteiger partial charge on any atom is 0.185 e. The van der Waals surface area contributed by atoms with Gasteiger partial charge in [0, 0.05) is 18.8 Å². The van der Waals surface area contributed by atoms with Crippen LogP contribution in [-0.4, -0.2) is 27.6 Å². The minimum absolute atomic E-state index is 0.195. The summed E-state index contributed by atoms with van der Waals surface area (Å²) in [5, 5.41) is 8.42. The van der Waals surface area contributed by atoms with Gasteiger partial charge in [0.2, 0.25) is 0 Å². The minimum atomic E-state index is 0.195. The quantitative estimate of drug-likeness (QED) is 0.862. The van der Waals surface area contributed by atoms with Crippen molar-refractivity contribution < 1.29 is 0 Å². The molecule has 0 spiro atoms. The predicted molar refractivity (Wildman–Crippen MR) is 88.7 cm³/mol. The van der Waals surface area contributed by atoms with Gasteiger partial charge in [0.1, 0.15) is 6.33 Å². The lowest BCUT2D eigenvalue weighted by atomic mass is 9.86. The molecule has 1 aromatic heterocycles. The Morgan fingerprint density at radius 2 is 1.90 bits per heavy atom. The van der Waals surface area contributed by atoms with Crippen molar-refractivity contribution in [2.45, 2.75) is 37.4 Å². The maximum atomic E-state index is 4.25. The minimum Gasteiger partial charge on any atom is -0.312 e. The summed E-state index contributed by atoms with van der Waals surface area (Å²) in [4.78, 5) is 4.25. The first kappa shape index (κ1) is 16.0. The van der Waals surface area contributed by atoms with Gasteiger partial charge in [0.25, 0.3) is 0 Å². The van der Waals surface area contributed by atoms with E-state index in [1.165, 1.54) is 11.1 Å². The molecular formula is C16H24N4S. The third-order valence-corrected chi connectivity index (χ3v) is 4.70. The standard InChI is InChI=1S/C16H24N4S/c1-16(2,3)13-8-6-12(7-9-13)14(17-4)10-21-15-18-11-19-20(15)5/h6-9,11,14,17H,10H2,1-5H3. The van der Waals surface area contributed by atoms with Crippen molar-refractivity contribution in [2.24, 2.45) is 7.05 Å². The molecule has 1 unspecified atom stereocenters. The first-order valence-electron chi connectivity index (χ1n) is 7.16. The molecule has 2 aromatic rings. The highest BCUT2D eigenvalue weighted by Gasteiger charge is 2.15. The number of thioether (sulfide) groups is 1. The van der Waals surface area contributed by atoms with Crippen molar-refractivity contribution in [2.75, 3.05) is 12.8 Å². The zero-order valence-electron chi connectivity index (χ0n) is 13.4. The Balaban J connectivity index is 2.05. The molecule has 0 aliphatic carbocycles. The van der Waals surface area contributed by atoms with E-state index in [4.69, 9.17) is 0 Å². The third-order valence-electron chi connectivity index (χ3n) is 3.58. The molecule has 0 radical (unpaired) electrons. The second-order valence-corrected chi connectivity index (χ2v) is 7.18. The fourth-order valence-corrected chi connectivity index (χ4v) is 3.17. The number of nitrogens with one attached hydrogen (secondary N) is 1. The van der Waals surface area contributed by atoms with E-state index < -0.39 is 0 Å². The lowest BCUT2D eigenvalue weighted by molar-refractivity contribution is 0.588. The Kier molecular flexibility index (Phi) is 5.06. The van der Waals surface area contributed by atoms with Crippen LogP contribution in [0.25, 0.3) is 0 Å². The maximum absolute atomic E-state index is 4.25. The molecule has 1 heterocycles. The van der Waals surface area contributed by atoms with Gasteiger partial charge in [-0.2, -0.15) is 5.10 Å². The van der Waals surface area contributed by atoms with Gasteiger partial charge in [-0.25, -0.2) is 9.67 Å². The summed E-state index contributed by atoms with van der Waals surface area (Å²) in [5.74, 6) is 0.928. The molecule has 1 aromatic carbocycles. The SMILES string of the molecule is CNC(CSc1ncnn1C)c1ccc(C(C)(C)C)cc1. The molecule has 21 heavy (non-hydrogen) atoms. The van der Waals surface area contributed by atoms with Crippen molar-refractivity contribution in [1.29, 1.82) is 0 Å². The third kappa shape index (κ3) is 4.08. The van der Waals surface area contributed by atoms with Gasteiger partial charge in [0.05, 0.1) is 0 Å². The van der Waals surface area contributed by atoms with Crippen LogP contribution in [0.2, 0.25) is 0 Å². The summed E-state index contributed by atoms with van der Waals surface area (Å²) >= 11 is 1.72. The zero-order chi connectivity index (χ0) is 15.5. The Bertz CT molecular complexity index is 569. The normalized spacial score (nSPS) is 13.4. The monoisotopic (exact) mass is 304 g/mol. The number of hydrogen-bond acceptors (Lipinski definition) is 4. The van der Waals surface area contributed by atoms with Gasteiger partial charge in [-0.1, -0.05) is 56.8 Å². The van der Waals surface area contributed by atoms with Crippen molar-refractivity contribution >= 4 is 11.8 Å². The number of hydrogen-bond donors (Lipinski definition) is 1. The molecule has 1 atom stereocenters. The molecule has 0 amide bonds. The van der Waals surface area contributed by atoms with E-state index in [1.807, 2.05) is 14.1 Å². The topological polar surface area (TPSA) is 42.7 Å². The molecule has 114 valence electrons. The first-order chi connectivity index (χ1) is 9.91. The Labute approximate surface area is 131 Å². The predicted octanol–water partition coefficient (Wildman–Crippen LogP) is 3.17. The molecule has 0 fully saturated rings. The smallest absolute Gasteiger partial charge is 0.185 e. The number of aryl methyl sites for hydroxylation is 1. The second kappa shape index (κ2) is 6.62. The molecule has 0 saturated heterocycles. The second-order valence-electron chi connectivity index (χ2n) is 6.19. The Hall–Kier alpha value is -1.33. The van der Waals surface area contributed by atoms with Gasteiger partial charge in [-0.15, -0.1) is 0 Å². The number of benzene rings is 1. The van der Waals surface area contributed by atoms with Crippen molar-refractivity contribution in [3.05, 3.63) is 41.7 Å². The van der Waals surface area contributed by atoms with Crippen LogP contribution in [0.15, 0.2) is 35.7 Å². The highest BCUT2D eigenvalue weighted by molar-refractivity contribution is 7.99. The van der Waals surface area contributed by atoms with Crippen LogP contribution in [0, 0.1) is 0 Å². The van der Waals surface area contributed by atoms with Crippen LogP contribution in [0.4, 0.5) is 0 Å². The summed E-state index contributed by atoms with van der Waals surface area (Å²) in [6.07, 6.45) is 1.59. The van der Waals surface area contributed by atoms with E-state index in [0.29, 0.717) is 6.04 Å². The molecule has 2 rings (SSSR count). The van der Waals surface area contributed by atoms with E-state index in [0.717, 1.165) is 10.9 Å². The van der Waals surface area contributed by atoms with E-state index >= 15 is 0 Å². The highest BCUT2D eigenvalue weighted by atomic mass is 32.2. The molecule has 0 bridgehead atoms. The number of nitrogens with zero attached hydrogens (tertiary/aromatic N) is 3.